The number of rotatable bonds is 75. The fourth-order valence-corrected chi connectivity index (χ4v) is 12.7. The van der Waals surface area contributed by atoms with Gasteiger partial charge < -0.3 is 20.3 Å². The largest absolute Gasteiger partial charge is 0.466 e. The standard InChI is InChI=1S/C80H155NO5/c1-3-5-7-9-11-13-15-17-19-20-43-46-50-54-58-62-66-70-74-80(85)86-75-71-67-63-59-55-51-47-44-41-39-37-35-33-31-29-27-25-23-21-22-24-26-28-30-32-34-36-38-40-42-45-49-53-57-61-65-69-73-79(84)81-77(76-82)78(83)72-68-64-60-56-52-48-18-16-14-12-10-8-6-4-2/h13,15,19-20,77-78,82-83H,3-12,14,16-18,21-76H2,1-2H3,(H,81,84)/b15-13-,20-19-. The van der Waals surface area contributed by atoms with Crippen molar-refractivity contribution < 1.29 is 24.5 Å². The number of aliphatic hydroxyl groups excluding tert-OH is 2. The number of aliphatic hydroxyl groups is 2. The van der Waals surface area contributed by atoms with Gasteiger partial charge in [-0.1, -0.05) is 404 Å². The Labute approximate surface area is 539 Å². The van der Waals surface area contributed by atoms with Crippen LogP contribution in [0.15, 0.2) is 24.3 Å². The van der Waals surface area contributed by atoms with E-state index in [0.717, 1.165) is 51.4 Å². The highest BCUT2D eigenvalue weighted by atomic mass is 16.5. The molecule has 0 saturated heterocycles. The first-order valence-electron chi connectivity index (χ1n) is 39.6. The lowest BCUT2D eigenvalue weighted by molar-refractivity contribution is -0.143. The van der Waals surface area contributed by atoms with Crippen LogP contribution in [0.1, 0.15) is 450 Å². The predicted molar refractivity (Wildman–Crippen MR) is 380 cm³/mol. The van der Waals surface area contributed by atoms with E-state index in [-0.39, 0.29) is 18.5 Å². The second-order valence-corrected chi connectivity index (χ2v) is 27.4. The van der Waals surface area contributed by atoms with Crippen LogP contribution in [0.3, 0.4) is 0 Å². The van der Waals surface area contributed by atoms with E-state index < -0.39 is 12.1 Å². The zero-order chi connectivity index (χ0) is 62.0. The smallest absolute Gasteiger partial charge is 0.305 e. The molecule has 3 N–H and O–H groups in total. The Bertz CT molecular complexity index is 1350. The summed E-state index contributed by atoms with van der Waals surface area (Å²) in [5.41, 5.74) is 0. The highest BCUT2D eigenvalue weighted by Crippen LogP contribution is 2.20. The van der Waals surface area contributed by atoms with Crippen molar-refractivity contribution >= 4 is 11.9 Å². The molecule has 0 aromatic heterocycles. The average molecular weight is 1210 g/mol. The minimum atomic E-state index is -0.659. The molecule has 6 heteroatoms. The van der Waals surface area contributed by atoms with Crippen LogP contribution < -0.4 is 5.32 Å². The van der Waals surface area contributed by atoms with E-state index in [4.69, 9.17) is 4.74 Å². The molecular weight excluding hydrogens is 1050 g/mol. The molecule has 0 bridgehead atoms. The zero-order valence-electron chi connectivity index (χ0n) is 58.6. The molecule has 1 amide bonds. The van der Waals surface area contributed by atoms with Crippen molar-refractivity contribution in [1.29, 1.82) is 0 Å². The molecule has 0 spiro atoms. The van der Waals surface area contributed by atoms with Gasteiger partial charge in [-0.2, -0.15) is 0 Å². The van der Waals surface area contributed by atoms with E-state index >= 15 is 0 Å². The number of carbonyl (C=O) groups excluding carboxylic acids is 2. The van der Waals surface area contributed by atoms with Crippen LogP contribution in [0, 0.1) is 0 Å². The molecule has 0 radical (unpaired) electrons. The molecular formula is C80H155NO5. The van der Waals surface area contributed by atoms with Crippen molar-refractivity contribution in [3.8, 4) is 0 Å². The van der Waals surface area contributed by atoms with Gasteiger partial charge in [0, 0.05) is 12.8 Å². The number of carbonyl (C=O) groups is 2. The molecule has 0 heterocycles. The predicted octanol–water partition coefficient (Wildman–Crippen LogP) is 26.0. The molecule has 0 aliphatic carbocycles. The summed E-state index contributed by atoms with van der Waals surface area (Å²) >= 11 is 0. The van der Waals surface area contributed by atoms with E-state index in [1.54, 1.807) is 0 Å². The SMILES string of the molecule is CCCCCC/C=C\C/C=C\CCCCCCCCCC(=O)OCCCCCCCCCCCCCCCCCCCCCCCCCCCCCCCCCCCCCCCC(=O)NC(CO)C(O)CCCCCCCCCCCCCCCC. The molecule has 2 atom stereocenters. The van der Waals surface area contributed by atoms with Crippen LogP contribution in [-0.4, -0.2) is 47.4 Å². The summed E-state index contributed by atoms with van der Waals surface area (Å²) in [5, 5.41) is 23.3. The first-order chi connectivity index (χ1) is 42.5. The molecule has 510 valence electrons. The Morgan fingerprint density at radius 3 is 0.895 bits per heavy atom. The molecule has 0 fully saturated rings. The van der Waals surface area contributed by atoms with Crippen LogP contribution >= 0.6 is 0 Å². The Hall–Kier alpha value is -1.66. The lowest BCUT2D eigenvalue weighted by atomic mass is 10.0. The molecule has 2 unspecified atom stereocenters. The van der Waals surface area contributed by atoms with Crippen molar-refractivity contribution in [3.05, 3.63) is 24.3 Å². The van der Waals surface area contributed by atoms with Gasteiger partial charge in [0.1, 0.15) is 0 Å². The third kappa shape index (κ3) is 71.4. The van der Waals surface area contributed by atoms with Gasteiger partial charge in [-0.25, -0.2) is 0 Å². The number of hydrogen-bond donors (Lipinski definition) is 3. The van der Waals surface area contributed by atoms with Crippen molar-refractivity contribution in [2.45, 2.75) is 463 Å². The van der Waals surface area contributed by atoms with Crippen molar-refractivity contribution in [2.24, 2.45) is 0 Å². The molecule has 0 aliphatic rings. The van der Waals surface area contributed by atoms with Gasteiger partial charge in [-0.3, -0.25) is 9.59 Å². The maximum Gasteiger partial charge on any atom is 0.305 e. The van der Waals surface area contributed by atoms with Crippen molar-refractivity contribution in [3.63, 3.8) is 0 Å². The molecule has 6 nitrogen and oxygen atoms in total. The van der Waals surface area contributed by atoms with Crippen LogP contribution in [-0.2, 0) is 14.3 Å². The monoisotopic (exact) mass is 1210 g/mol. The van der Waals surface area contributed by atoms with Gasteiger partial charge in [0.25, 0.3) is 0 Å². The van der Waals surface area contributed by atoms with Gasteiger partial charge >= 0.3 is 5.97 Å². The third-order valence-electron chi connectivity index (χ3n) is 18.8. The molecule has 0 aromatic carbocycles. The fourth-order valence-electron chi connectivity index (χ4n) is 12.7. The van der Waals surface area contributed by atoms with Gasteiger partial charge in [0.15, 0.2) is 0 Å². The Morgan fingerprint density at radius 1 is 0.326 bits per heavy atom. The van der Waals surface area contributed by atoms with Gasteiger partial charge in [0.05, 0.1) is 25.4 Å². The first-order valence-corrected chi connectivity index (χ1v) is 39.6. The Balaban J connectivity index is 3.28. The number of nitrogens with one attached hydrogen (secondary N) is 1. The molecule has 0 aromatic rings. The van der Waals surface area contributed by atoms with E-state index in [9.17, 15) is 19.8 Å². The van der Waals surface area contributed by atoms with E-state index in [1.165, 1.54) is 366 Å². The summed E-state index contributed by atoms with van der Waals surface area (Å²) in [6.07, 6.45) is 97.1. The Kier molecular flexibility index (Phi) is 74.3. The number of unbranched alkanes of at least 4 members (excludes halogenated alkanes) is 60. The molecule has 0 rings (SSSR count). The van der Waals surface area contributed by atoms with Crippen LogP contribution in [0.2, 0.25) is 0 Å². The van der Waals surface area contributed by atoms with Gasteiger partial charge in [-0.05, 0) is 57.8 Å². The van der Waals surface area contributed by atoms with E-state index in [1.807, 2.05) is 0 Å². The minimum absolute atomic E-state index is 0.0168. The summed E-state index contributed by atoms with van der Waals surface area (Å²) in [6, 6.07) is -0.536. The number of hydrogen-bond acceptors (Lipinski definition) is 5. The quantitative estimate of drug-likeness (QED) is 0.0320. The normalized spacial score (nSPS) is 12.6. The maximum absolute atomic E-state index is 12.5. The lowest BCUT2D eigenvalue weighted by Crippen LogP contribution is -2.45. The topological polar surface area (TPSA) is 95.9 Å². The van der Waals surface area contributed by atoms with Crippen LogP contribution in [0.25, 0.3) is 0 Å². The van der Waals surface area contributed by atoms with Gasteiger partial charge in [-0.15, -0.1) is 0 Å². The zero-order valence-corrected chi connectivity index (χ0v) is 58.6. The van der Waals surface area contributed by atoms with Crippen molar-refractivity contribution in [2.75, 3.05) is 13.2 Å². The summed E-state index contributed by atoms with van der Waals surface area (Å²) in [5.74, 6) is -0.00919. The molecule has 86 heavy (non-hydrogen) atoms. The van der Waals surface area contributed by atoms with Gasteiger partial charge in [0.2, 0.25) is 5.91 Å². The van der Waals surface area contributed by atoms with Crippen LogP contribution in [0.4, 0.5) is 0 Å². The third-order valence-corrected chi connectivity index (χ3v) is 18.8. The van der Waals surface area contributed by atoms with E-state index in [2.05, 4.69) is 43.5 Å². The second kappa shape index (κ2) is 75.8. The Morgan fingerprint density at radius 2 is 0.581 bits per heavy atom. The average Bonchev–Trinajstić information content (AvgIpc) is 3.51. The first kappa shape index (κ1) is 84.3. The lowest BCUT2D eigenvalue weighted by Gasteiger charge is -2.22. The number of amides is 1. The summed E-state index contributed by atoms with van der Waals surface area (Å²) in [7, 11) is 0. The fraction of sp³-hybridized carbons (Fsp3) is 0.925. The van der Waals surface area contributed by atoms with Crippen molar-refractivity contribution in [1.82, 2.24) is 5.32 Å². The number of ether oxygens (including phenoxy) is 1. The van der Waals surface area contributed by atoms with E-state index in [0.29, 0.717) is 25.9 Å². The summed E-state index contributed by atoms with van der Waals surface area (Å²) in [6.45, 7) is 4.98. The van der Waals surface area contributed by atoms with Crippen LogP contribution in [0.5, 0.6) is 0 Å². The number of esters is 1. The highest BCUT2D eigenvalue weighted by molar-refractivity contribution is 5.76. The second-order valence-electron chi connectivity index (χ2n) is 27.4. The molecule has 0 saturated carbocycles. The summed E-state index contributed by atoms with van der Waals surface area (Å²) in [4.78, 5) is 24.6. The minimum Gasteiger partial charge on any atom is -0.466 e. The summed E-state index contributed by atoms with van der Waals surface area (Å²) < 4.78 is 5.51. The highest BCUT2D eigenvalue weighted by Gasteiger charge is 2.20. The maximum atomic E-state index is 12.5. The molecule has 0 aliphatic heterocycles. The number of allylic oxidation sites excluding steroid dienone is 4.